The van der Waals surface area contributed by atoms with Gasteiger partial charge >= 0.3 is 0 Å². The maximum Gasteiger partial charge on any atom is 0.270 e. The van der Waals surface area contributed by atoms with E-state index in [1.165, 1.54) is 6.07 Å². The molecule has 3 atom stereocenters. The average Bonchev–Trinajstić information content (AvgIpc) is 3.44. The number of piperidine rings is 1. The van der Waals surface area contributed by atoms with Crippen LogP contribution >= 0.6 is 0 Å². The lowest BCUT2D eigenvalue weighted by Gasteiger charge is -2.39. The number of carbonyl (C=O) groups is 2. The summed E-state index contributed by atoms with van der Waals surface area (Å²) in [6.45, 7) is 8.69. The Hall–Kier alpha value is -3.59. The summed E-state index contributed by atoms with van der Waals surface area (Å²) in [5.74, 6) is 0.503. The molecule has 5 heterocycles. The predicted molar refractivity (Wildman–Crippen MR) is 169 cm³/mol. The van der Waals surface area contributed by atoms with Crippen molar-refractivity contribution in [3.8, 4) is 5.75 Å². The highest BCUT2D eigenvalue weighted by atomic mass is 19.1. The normalized spacial score (nSPS) is 22.6. The van der Waals surface area contributed by atoms with E-state index in [-0.39, 0.29) is 48.7 Å². The fourth-order valence-corrected chi connectivity index (χ4v) is 6.37. The molecule has 6 rings (SSSR count). The van der Waals surface area contributed by atoms with Gasteiger partial charge in [-0.3, -0.25) is 19.8 Å². The maximum atomic E-state index is 14.9. The van der Waals surface area contributed by atoms with E-state index < -0.39 is 17.8 Å². The van der Waals surface area contributed by atoms with Crippen LogP contribution in [-0.4, -0.2) is 120 Å². The Kier molecular flexibility index (Phi) is 10.2. The molecule has 4 aliphatic rings. The summed E-state index contributed by atoms with van der Waals surface area (Å²) in [6, 6.07) is 5.12. The van der Waals surface area contributed by atoms with E-state index >= 15 is 0 Å². The van der Waals surface area contributed by atoms with Gasteiger partial charge in [-0.1, -0.05) is 0 Å². The summed E-state index contributed by atoms with van der Waals surface area (Å²) in [4.78, 5) is 40.0. The Labute approximate surface area is 268 Å². The van der Waals surface area contributed by atoms with Gasteiger partial charge in [-0.05, 0) is 55.9 Å². The number of benzene rings is 1. The molecule has 2 unspecified atom stereocenters. The summed E-state index contributed by atoms with van der Waals surface area (Å²) in [5, 5.41) is 20.2. The van der Waals surface area contributed by atoms with Crippen molar-refractivity contribution in [1.82, 2.24) is 30.4 Å². The van der Waals surface area contributed by atoms with Gasteiger partial charge in [0.2, 0.25) is 11.9 Å². The van der Waals surface area contributed by atoms with Crippen molar-refractivity contribution in [2.75, 3.05) is 69.4 Å². The van der Waals surface area contributed by atoms with Crippen molar-refractivity contribution < 1.29 is 28.6 Å². The number of halogens is 1. The van der Waals surface area contributed by atoms with Crippen molar-refractivity contribution in [3.63, 3.8) is 0 Å². The number of amides is 2. The third kappa shape index (κ3) is 7.85. The number of nitrogens with zero attached hydrogens (tertiary/aromatic N) is 5. The van der Waals surface area contributed by atoms with E-state index in [0.717, 1.165) is 43.5 Å². The largest absolute Gasteiger partial charge is 0.488 e. The van der Waals surface area contributed by atoms with Crippen LogP contribution in [0.25, 0.3) is 0 Å². The molecule has 4 N–H and O–H groups in total. The van der Waals surface area contributed by atoms with Crippen LogP contribution in [-0.2, 0) is 22.5 Å². The molecule has 2 aromatic rings. The molecule has 1 aromatic heterocycles. The first-order valence-corrected chi connectivity index (χ1v) is 16.4. The molecule has 0 aliphatic carbocycles. The van der Waals surface area contributed by atoms with Gasteiger partial charge in [0, 0.05) is 71.4 Å². The van der Waals surface area contributed by atoms with Crippen LogP contribution in [0.4, 0.5) is 16.2 Å². The zero-order valence-corrected chi connectivity index (χ0v) is 26.6. The van der Waals surface area contributed by atoms with Crippen molar-refractivity contribution in [2.45, 2.75) is 70.4 Å². The first kappa shape index (κ1) is 32.4. The molecule has 4 aliphatic heterocycles. The van der Waals surface area contributed by atoms with Crippen LogP contribution in [0.15, 0.2) is 18.2 Å². The number of hydrogen-bond donors (Lipinski definition) is 4. The average molecular weight is 641 g/mol. The van der Waals surface area contributed by atoms with E-state index in [2.05, 4.69) is 35.7 Å². The van der Waals surface area contributed by atoms with E-state index in [9.17, 15) is 19.1 Å². The topological polar surface area (TPSA) is 144 Å². The van der Waals surface area contributed by atoms with Crippen LogP contribution in [0.1, 0.15) is 54.7 Å². The van der Waals surface area contributed by atoms with E-state index in [1.807, 2.05) is 6.92 Å². The minimum atomic E-state index is -0.825. The molecular formula is C32H45FN8O5. The Morgan fingerprint density at radius 2 is 1.96 bits per heavy atom. The SMILES string of the molecule is CC(=O)N1CC(Nc2cc(C(=O)NC[C@H](O)CN3CCc4cc(OCC5OCNC5C)c(F)cc4C3)nc(N3CCCCC3)n2)C1. The zero-order chi connectivity index (χ0) is 32.2. The molecule has 1 aromatic carbocycles. The number of aliphatic hydroxyl groups excluding tert-OH is 1. The van der Waals surface area contributed by atoms with Gasteiger partial charge in [-0.25, -0.2) is 9.37 Å². The third-order valence-corrected chi connectivity index (χ3v) is 9.24. The molecule has 0 bridgehead atoms. The van der Waals surface area contributed by atoms with Crippen LogP contribution in [0.3, 0.4) is 0 Å². The molecular weight excluding hydrogens is 595 g/mol. The van der Waals surface area contributed by atoms with E-state index in [1.54, 1.807) is 24.0 Å². The van der Waals surface area contributed by atoms with Crippen LogP contribution in [0, 0.1) is 5.82 Å². The highest BCUT2D eigenvalue weighted by Gasteiger charge is 2.30. The first-order valence-electron chi connectivity index (χ1n) is 16.4. The van der Waals surface area contributed by atoms with Crippen molar-refractivity contribution in [3.05, 3.63) is 40.8 Å². The lowest BCUT2D eigenvalue weighted by atomic mass is 9.98. The molecule has 2 amide bonds. The second-order valence-corrected chi connectivity index (χ2v) is 12.8. The molecule has 0 spiro atoms. The van der Waals surface area contributed by atoms with Gasteiger partial charge in [0.15, 0.2) is 11.6 Å². The maximum absolute atomic E-state index is 14.9. The first-order chi connectivity index (χ1) is 22.2. The zero-order valence-electron chi connectivity index (χ0n) is 26.6. The number of fused-ring (bicyclic) bond motifs is 1. The highest BCUT2D eigenvalue weighted by Crippen LogP contribution is 2.28. The number of β-amino-alcohol motifs (C(OH)–C–C–N with tert-alkyl or cyclic N) is 1. The molecule has 0 saturated carbocycles. The van der Waals surface area contributed by atoms with Gasteiger partial charge in [-0.2, -0.15) is 4.98 Å². The summed E-state index contributed by atoms with van der Waals surface area (Å²) >= 11 is 0. The lowest BCUT2D eigenvalue weighted by molar-refractivity contribution is -0.132. The molecule has 0 radical (unpaired) electrons. The number of nitrogens with one attached hydrogen (secondary N) is 3. The Morgan fingerprint density at radius 1 is 1.15 bits per heavy atom. The molecule has 46 heavy (non-hydrogen) atoms. The van der Waals surface area contributed by atoms with Crippen molar-refractivity contribution in [1.29, 1.82) is 0 Å². The van der Waals surface area contributed by atoms with E-state index in [0.29, 0.717) is 57.6 Å². The van der Waals surface area contributed by atoms with Crippen molar-refractivity contribution in [2.24, 2.45) is 0 Å². The Balaban J connectivity index is 1.02. The minimum absolute atomic E-state index is 0.0338. The summed E-state index contributed by atoms with van der Waals surface area (Å²) in [7, 11) is 0. The van der Waals surface area contributed by atoms with Gasteiger partial charge in [0.1, 0.15) is 24.2 Å². The van der Waals surface area contributed by atoms with Crippen molar-refractivity contribution >= 4 is 23.6 Å². The lowest BCUT2D eigenvalue weighted by Crippen LogP contribution is -2.56. The fourth-order valence-electron chi connectivity index (χ4n) is 6.37. The summed E-state index contributed by atoms with van der Waals surface area (Å²) in [6.07, 6.45) is 2.99. The quantitative estimate of drug-likeness (QED) is 0.281. The molecule has 14 heteroatoms. The monoisotopic (exact) mass is 640 g/mol. The predicted octanol–water partition coefficient (Wildman–Crippen LogP) is 1.11. The standard InChI is InChI=1S/C32H45FN8O5/c1-20-29(46-19-35-20)18-45-28-11-22-6-9-39(14-23(22)10-26(28)33)17-25(43)13-34-31(44)27-12-30(36-24-15-41(16-24)21(2)42)38-32(37-27)40-7-4-3-5-8-40/h10-12,20,24-25,29,35,43H,3-9,13-19H2,1-2H3,(H,34,44)(H,36,37,38)/t20?,25-,29?/m0/s1. The summed E-state index contributed by atoms with van der Waals surface area (Å²) in [5.41, 5.74) is 2.12. The Bertz CT molecular complexity index is 1400. The van der Waals surface area contributed by atoms with Gasteiger partial charge in [-0.15, -0.1) is 0 Å². The second kappa shape index (κ2) is 14.4. The summed E-state index contributed by atoms with van der Waals surface area (Å²) < 4.78 is 26.2. The van der Waals surface area contributed by atoms with Gasteiger partial charge in [0.25, 0.3) is 5.91 Å². The number of hydrogen-bond acceptors (Lipinski definition) is 11. The number of rotatable bonds is 11. The van der Waals surface area contributed by atoms with Gasteiger partial charge < -0.3 is 35.0 Å². The number of likely N-dealkylation sites (tertiary alicyclic amines) is 1. The molecule has 13 nitrogen and oxygen atoms in total. The number of ether oxygens (including phenoxy) is 2. The highest BCUT2D eigenvalue weighted by molar-refractivity contribution is 5.93. The number of aromatic nitrogens is 2. The minimum Gasteiger partial charge on any atom is -0.488 e. The number of aliphatic hydroxyl groups is 1. The smallest absolute Gasteiger partial charge is 0.270 e. The third-order valence-electron chi connectivity index (χ3n) is 9.24. The molecule has 3 saturated heterocycles. The fraction of sp³-hybridized carbons (Fsp3) is 0.625. The Morgan fingerprint density at radius 3 is 2.70 bits per heavy atom. The van der Waals surface area contributed by atoms with Gasteiger partial charge in [0.05, 0.1) is 18.9 Å². The molecule has 250 valence electrons. The van der Waals surface area contributed by atoms with Crippen LogP contribution in [0.5, 0.6) is 5.75 Å². The molecule has 3 fully saturated rings. The number of carbonyl (C=O) groups excluding carboxylic acids is 2. The van der Waals surface area contributed by atoms with Crippen LogP contribution in [0.2, 0.25) is 0 Å². The second-order valence-electron chi connectivity index (χ2n) is 12.8. The van der Waals surface area contributed by atoms with E-state index in [4.69, 9.17) is 9.47 Å². The number of anilines is 2. The van der Waals surface area contributed by atoms with Crippen LogP contribution < -0.4 is 25.6 Å².